The number of hydrogen-bond donors (Lipinski definition) is 0. The minimum absolute atomic E-state index is 0.0300. The van der Waals surface area contributed by atoms with Crippen molar-refractivity contribution in [3.05, 3.63) is 64.3 Å². The van der Waals surface area contributed by atoms with Crippen molar-refractivity contribution in [2.75, 3.05) is 18.5 Å². The highest BCUT2D eigenvalue weighted by Crippen LogP contribution is 2.20. The predicted octanol–water partition coefficient (Wildman–Crippen LogP) is 2.19. The molecule has 0 bridgehead atoms. The zero-order chi connectivity index (χ0) is 16.3. The molecule has 0 fully saturated rings. The number of hydrogen-bond acceptors (Lipinski definition) is 4. The van der Waals surface area contributed by atoms with Gasteiger partial charge in [0.2, 0.25) is 5.43 Å². The lowest BCUT2D eigenvalue weighted by molar-refractivity contribution is 0.411. The zero-order valence-electron chi connectivity index (χ0n) is 12.6. The Labute approximate surface area is 129 Å². The standard InChI is InChI=1S/C16H17NO4S/c1-12-8-10-13(11-9-12)22(19,20)17(2)14-6-4-5-7-15(21-3)16(14)18/h4-11H,1-3H3. The van der Waals surface area contributed by atoms with E-state index in [1.54, 1.807) is 24.3 Å². The van der Waals surface area contributed by atoms with Crippen LogP contribution in [-0.2, 0) is 10.0 Å². The molecule has 0 atom stereocenters. The van der Waals surface area contributed by atoms with Gasteiger partial charge in [-0.15, -0.1) is 0 Å². The average Bonchev–Trinajstić information content (AvgIpc) is 2.68. The van der Waals surface area contributed by atoms with Crippen molar-refractivity contribution in [1.82, 2.24) is 0 Å². The van der Waals surface area contributed by atoms with Gasteiger partial charge >= 0.3 is 0 Å². The summed E-state index contributed by atoms with van der Waals surface area (Å²) in [6, 6.07) is 12.6. The van der Waals surface area contributed by atoms with E-state index in [0.717, 1.165) is 9.87 Å². The van der Waals surface area contributed by atoms with Crippen LogP contribution in [0.25, 0.3) is 0 Å². The fraction of sp³-hybridized carbons (Fsp3) is 0.188. The molecular weight excluding hydrogens is 302 g/mol. The van der Waals surface area contributed by atoms with Crippen molar-refractivity contribution >= 4 is 15.7 Å². The summed E-state index contributed by atoms with van der Waals surface area (Å²) in [5, 5.41) is 0. The molecule has 2 rings (SSSR count). The third-order valence-corrected chi connectivity index (χ3v) is 5.09. The van der Waals surface area contributed by atoms with Crippen LogP contribution >= 0.6 is 0 Å². The van der Waals surface area contributed by atoms with E-state index >= 15 is 0 Å². The molecule has 116 valence electrons. The van der Waals surface area contributed by atoms with Gasteiger partial charge in [0.05, 0.1) is 12.0 Å². The first-order valence-corrected chi connectivity index (χ1v) is 8.05. The van der Waals surface area contributed by atoms with Crippen LogP contribution in [0.2, 0.25) is 0 Å². The van der Waals surface area contributed by atoms with Gasteiger partial charge in [-0.25, -0.2) is 8.42 Å². The number of sulfonamides is 1. The van der Waals surface area contributed by atoms with Gasteiger partial charge in [-0.1, -0.05) is 29.8 Å². The van der Waals surface area contributed by atoms with Crippen molar-refractivity contribution in [1.29, 1.82) is 0 Å². The first kappa shape index (κ1) is 16.0. The Hall–Kier alpha value is -2.34. The minimum Gasteiger partial charge on any atom is -0.493 e. The summed E-state index contributed by atoms with van der Waals surface area (Å²) in [6.45, 7) is 1.87. The fourth-order valence-electron chi connectivity index (χ4n) is 1.97. The molecule has 2 aromatic carbocycles. The van der Waals surface area contributed by atoms with Gasteiger partial charge in [0.1, 0.15) is 5.69 Å². The van der Waals surface area contributed by atoms with Crippen LogP contribution in [0.3, 0.4) is 0 Å². The minimum atomic E-state index is -3.81. The number of ether oxygens (including phenoxy) is 1. The Morgan fingerprint density at radius 2 is 1.59 bits per heavy atom. The van der Waals surface area contributed by atoms with Gasteiger partial charge in [0.15, 0.2) is 5.75 Å². The molecule has 0 aliphatic carbocycles. The van der Waals surface area contributed by atoms with Crippen molar-refractivity contribution in [2.24, 2.45) is 0 Å². The van der Waals surface area contributed by atoms with Gasteiger partial charge in [-0.2, -0.15) is 0 Å². The van der Waals surface area contributed by atoms with Crippen molar-refractivity contribution in [3.8, 4) is 5.75 Å². The van der Waals surface area contributed by atoms with Crippen molar-refractivity contribution in [2.45, 2.75) is 11.8 Å². The topological polar surface area (TPSA) is 63.7 Å². The Morgan fingerprint density at radius 3 is 2.18 bits per heavy atom. The molecule has 5 nitrogen and oxygen atoms in total. The second-order valence-corrected chi connectivity index (χ2v) is 6.76. The van der Waals surface area contributed by atoms with Crippen LogP contribution in [0, 0.1) is 6.92 Å². The number of rotatable bonds is 4. The van der Waals surface area contributed by atoms with Crippen LogP contribution in [-0.4, -0.2) is 22.6 Å². The number of benzene rings is 1. The first-order chi connectivity index (χ1) is 10.4. The molecule has 0 N–H and O–H groups in total. The quantitative estimate of drug-likeness (QED) is 0.866. The molecule has 0 radical (unpaired) electrons. The highest BCUT2D eigenvalue weighted by atomic mass is 32.2. The molecule has 0 heterocycles. The second kappa shape index (κ2) is 6.19. The predicted molar refractivity (Wildman–Crippen MR) is 86.0 cm³/mol. The zero-order valence-corrected chi connectivity index (χ0v) is 13.4. The van der Waals surface area contributed by atoms with Gasteiger partial charge in [-0.3, -0.25) is 9.10 Å². The summed E-state index contributed by atoms with van der Waals surface area (Å²) in [7, 11) is -1.09. The van der Waals surface area contributed by atoms with Crippen LogP contribution in [0.4, 0.5) is 5.69 Å². The highest BCUT2D eigenvalue weighted by molar-refractivity contribution is 7.92. The number of anilines is 1. The average molecular weight is 319 g/mol. The Balaban J connectivity index is 2.57. The van der Waals surface area contributed by atoms with E-state index in [1.165, 1.54) is 38.4 Å². The van der Waals surface area contributed by atoms with E-state index < -0.39 is 15.5 Å². The summed E-state index contributed by atoms with van der Waals surface area (Å²) >= 11 is 0. The lowest BCUT2D eigenvalue weighted by Crippen LogP contribution is -2.30. The summed E-state index contributed by atoms with van der Waals surface area (Å²) in [5.41, 5.74) is 0.506. The maximum absolute atomic E-state index is 12.6. The van der Waals surface area contributed by atoms with Gasteiger partial charge in [0, 0.05) is 7.05 Å². The normalized spacial score (nSPS) is 11.0. The van der Waals surface area contributed by atoms with Gasteiger partial charge < -0.3 is 4.74 Å². The van der Waals surface area contributed by atoms with E-state index in [4.69, 9.17) is 4.74 Å². The van der Waals surface area contributed by atoms with Crippen LogP contribution in [0.5, 0.6) is 5.75 Å². The Kier molecular flexibility index (Phi) is 4.51. The molecular formula is C16H17NO4S. The SMILES string of the molecule is COc1ccccc(N(C)S(=O)(=O)c2ccc(C)cc2)c1=O. The summed E-state index contributed by atoms with van der Waals surface area (Å²) in [6.07, 6.45) is 0. The first-order valence-electron chi connectivity index (χ1n) is 6.61. The number of nitrogens with zero attached hydrogens (tertiary/aromatic N) is 1. The van der Waals surface area contributed by atoms with E-state index in [-0.39, 0.29) is 16.3 Å². The third kappa shape index (κ3) is 2.96. The third-order valence-electron chi connectivity index (χ3n) is 3.31. The van der Waals surface area contributed by atoms with Crippen LogP contribution < -0.4 is 14.5 Å². The Bertz CT molecular complexity index is 829. The Morgan fingerprint density at radius 1 is 1.00 bits per heavy atom. The number of methoxy groups -OCH3 is 1. The molecule has 0 saturated carbocycles. The van der Waals surface area contributed by atoms with Crippen molar-refractivity contribution < 1.29 is 13.2 Å². The fourth-order valence-corrected chi connectivity index (χ4v) is 3.17. The lowest BCUT2D eigenvalue weighted by atomic mass is 10.2. The summed E-state index contributed by atoms with van der Waals surface area (Å²) in [5.74, 6) is 0.0888. The molecule has 0 unspecified atom stereocenters. The van der Waals surface area contributed by atoms with Gasteiger partial charge in [0.25, 0.3) is 10.0 Å². The largest absolute Gasteiger partial charge is 0.493 e. The molecule has 0 aromatic heterocycles. The summed E-state index contributed by atoms with van der Waals surface area (Å²) < 4.78 is 31.3. The van der Waals surface area contributed by atoms with E-state index in [2.05, 4.69) is 0 Å². The lowest BCUT2D eigenvalue weighted by Gasteiger charge is -2.18. The summed E-state index contributed by atoms with van der Waals surface area (Å²) in [4.78, 5) is 12.5. The van der Waals surface area contributed by atoms with Gasteiger partial charge in [-0.05, 0) is 31.2 Å². The van der Waals surface area contributed by atoms with E-state index in [9.17, 15) is 13.2 Å². The molecule has 6 heteroatoms. The van der Waals surface area contributed by atoms with E-state index in [0.29, 0.717) is 0 Å². The monoisotopic (exact) mass is 319 g/mol. The molecule has 0 amide bonds. The smallest absolute Gasteiger partial charge is 0.264 e. The van der Waals surface area contributed by atoms with E-state index in [1.807, 2.05) is 6.92 Å². The second-order valence-electron chi connectivity index (χ2n) is 4.79. The molecule has 2 aromatic rings. The molecule has 0 aliphatic heterocycles. The maximum atomic E-state index is 12.6. The van der Waals surface area contributed by atoms with Crippen LogP contribution in [0.1, 0.15) is 5.56 Å². The number of aryl methyl sites for hydroxylation is 1. The van der Waals surface area contributed by atoms with Crippen molar-refractivity contribution in [3.63, 3.8) is 0 Å². The highest BCUT2D eigenvalue weighted by Gasteiger charge is 2.23. The molecule has 0 aliphatic rings. The maximum Gasteiger partial charge on any atom is 0.264 e. The molecule has 22 heavy (non-hydrogen) atoms. The molecule has 0 saturated heterocycles. The molecule has 0 spiro atoms. The van der Waals surface area contributed by atoms with Crippen LogP contribution in [0.15, 0.2) is 58.2 Å².